The molecule has 0 aromatic rings. The van der Waals surface area contributed by atoms with Crippen molar-refractivity contribution in [3.05, 3.63) is 48.6 Å². The molecule has 0 amide bonds. The highest BCUT2D eigenvalue weighted by Gasteiger charge is 2.27. The molecular formula is C49H91NO8P+. The number of esters is 2. The van der Waals surface area contributed by atoms with E-state index in [9.17, 15) is 19.0 Å². The molecule has 0 aromatic carbocycles. The number of rotatable bonds is 43. The molecule has 0 spiro atoms. The minimum absolute atomic E-state index is 0.0264. The van der Waals surface area contributed by atoms with Crippen LogP contribution >= 0.6 is 7.82 Å². The van der Waals surface area contributed by atoms with E-state index in [0.717, 1.165) is 89.9 Å². The van der Waals surface area contributed by atoms with Gasteiger partial charge in [-0.25, -0.2) is 4.57 Å². The number of ether oxygens (including phenoxy) is 2. The second-order valence-corrected chi connectivity index (χ2v) is 18.6. The van der Waals surface area contributed by atoms with E-state index in [-0.39, 0.29) is 32.0 Å². The largest absolute Gasteiger partial charge is 0.472 e. The van der Waals surface area contributed by atoms with E-state index in [2.05, 4.69) is 62.5 Å². The fraction of sp³-hybridized carbons (Fsp3) is 0.796. The van der Waals surface area contributed by atoms with E-state index in [4.69, 9.17) is 18.5 Å². The van der Waals surface area contributed by atoms with Crippen molar-refractivity contribution in [3.8, 4) is 0 Å². The van der Waals surface area contributed by atoms with Crippen molar-refractivity contribution in [2.24, 2.45) is 0 Å². The number of likely N-dealkylation sites (N-methyl/N-ethyl adjacent to an activating group) is 1. The lowest BCUT2D eigenvalue weighted by molar-refractivity contribution is -0.870. The highest BCUT2D eigenvalue weighted by Crippen LogP contribution is 2.43. The molecule has 0 saturated heterocycles. The summed E-state index contributed by atoms with van der Waals surface area (Å²) in [7, 11) is 1.46. The summed E-state index contributed by atoms with van der Waals surface area (Å²) >= 11 is 0. The van der Waals surface area contributed by atoms with Crippen molar-refractivity contribution in [1.82, 2.24) is 0 Å². The first-order chi connectivity index (χ1) is 28.5. The van der Waals surface area contributed by atoms with Gasteiger partial charge in [0.15, 0.2) is 6.10 Å². The van der Waals surface area contributed by atoms with Crippen LogP contribution in [0, 0.1) is 0 Å². The average Bonchev–Trinajstić information content (AvgIpc) is 3.19. The van der Waals surface area contributed by atoms with Gasteiger partial charge in [-0.3, -0.25) is 18.6 Å². The Kier molecular flexibility index (Phi) is 39.9. The highest BCUT2D eigenvalue weighted by atomic mass is 31.2. The lowest BCUT2D eigenvalue weighted by Crippen LogP contribution is -2.37. The number of quaternary nitrogens is 1. The smallest absolute Gasteiger partial charge is 0.462 e. The van der Waals surface area contributed by atoms with Crippen molar-refractivity contribution < 1.29 is 42.1 Å². The second kappa shape index (κ2) is 41.3. The zero-order valence-corrected chi connectivity index (χ0v) is 39.6. The van der Waals surface area contributed by atoms with Gasteiger partial charge >= 0.3 is 19.8 Å². The Balaban J connectivity index is 4.35. The summed E-state index contributed by atoms with van der Waals surface area (Å²) in [6.07, 6.45) is 48.6. The second-order valence-electron chi connectivity index (χ2n) is 17.1. The molecule has 0 radical (unpaired) electrons. The molecule has 9 nitrogen and oxygen atoms in total. The van der Waals surface area contributed by atoms with Gasteiger partial charge in [0.05, 0.1) is 27.7 Å². The Morgan fingerprint density at radius 1 is 0.525 bits per heavy atom. The Labute approximate surface area is 363 Å². The number of nitrogens with zero attached hydrogens (tertiary/aromatic N) is 1. The van der Waals surface area contributed by atoms with E-state index in [0.29, 0.717) is 17.4 Å². The van der Waals surface area contributed by atoms with Gasteiger partial charge in [0, 0.05) is 12.8 Å². The topological polar surface area (TPSA) is 108 Å². The molecule has 1 N–H and O–H groups in total. The van der Waals surface area contributed by atoms with E-state index in [1.807, 2.05) is 21.1 Å². The van der Waals surface area contributed by atoms with Crippen LogP contribution in [-0.2, 0) is 32.7 Å². The van der Waals surface area contributed by atoms with Gasteiger partial charge in [0.2, 0.25) is 0 Å². The van der Waals surface area contributed by atoms with Crippen LogP contribution < -0.4 is 0 Å². The molecule has 0 saturated carbocycles. The van der Waals surface area contributed by atoms with Crippen molar-refractivity contribution >= 4 is 19.8 Å². The number of hydrogen-bond acceptors (Lipinski definition) is 7. The number of carbonyl (C=O) groups excluding carboxylic acids is 2. The number of allylic oxidation sites excluding steroid dienone is 8. The lowest BCUT2D eigenvalue weighted by Gasteiger charge is -2.24. The van der Waals surface area contributed by atoms with Gasteiger partial charge in [0.1, 0.15) is 19.8 Å². The molecule has 0 bridgehead atoms. The maximum absolute atomic E-state index is 12.7. The van der Waals surface area contributed by atoms with Crippen LogP contribution in [0.3, 0.4) is 0 Å². The number of hydrogen-bond donors (Lipinski definition) is 1. The molecular weight excluding hydrogens is 762 g/mol. The molecule has 0 aliphatic rings. The first-order valence-corrected chi connectivity index (χ1v) is 25.4. The predicted molar refractivity (Wildman–Crippen MR) is 247 cm³/mol. The summed E-state index contributed by atoms with van der Waals surface area (Å²) in [5.74, 6) is -0.822. The molecule has 0 aromatic heterocycles. The van der Waals surface area contributed by atoms with Gasteiger partial charge in [-0.15, -0.1) is 0 Å². The molecule has 59 heavy (non-hydrogen) atoms. The molecule has 0 heterocycles. The summed E-state index contributed by atoms with van der Waals surface area (Å²) in [6.45, 7) is 4.37. The summed E-state index contributed by atoms with van der Waals surface area (Å²) in [5.41, 5.74) is 0. The van der Waals surface area contributed by atoms with Crippen LogP contribution in [-0.4, -0.2) is 74.9 Å². The van der Waals surface area contributed by atoms with Crippen LogP contribution in [0.15, 0.2) is 48.6 Å². The molecule has 10 heteroatoms. The molecule has 0 fully saturated rings. The average molecular weight is 853 g/mol. The lowest BCUT2D eigenvalue weighted by atomic mass is 10.1. The van der Waals surface area contributed by atoms with E-state index < -0.39 is 26.5 Å². The molecule has 2 atom stereocenters. The predicted octanol–water partition coefficient (Wildman–Crippen LogP) is 13.9. The zero-order chi connectivity index (χ0) is 43.6. The van der Waals surface area contributed by atoms with Crippen LogP contribution in [0.4, 0.5) is 0 Å². The normalized spacial score (nSPS) is 13.9. The third kappa shape index (κ3) is 45.3. The fourth-order valence-corrected chi connectivity index (χ4v) is 7.05. The molecule has 344 valence electrons. The molecule has 0 rings (SSSR count). The molecule has 0 aliphatic carbocycles. The number of unbranched alkanes of at least 4 members (excludes halogenated alkanes) is 21. The Bertz CT molecular complexity index is 1150. The molecule has 2 unspecified atom stereocenters. The maximum Gasteiger partial charge on any atom is 0.472 e. The highest BCUT2D eigenvalue weighted by molar-refractivity contribution is 7.47. The summed E-state index contributed by atoms with van der Waals surface area (Å²) in [4.78, 5) is 35.5. The van der Waals surface area contributed by atoms with Crippen molar-refractivity contribution in [1.29, 1.82) is 0 Å². The van der Waals surface area contributed by atoms with E-state index in [1.165, 1.54) is 77.0 Å². The quantitative estimate of drug-likeness (QED) is 0.0212. The van der Waals surface area contributed by atoms with Crippen LogP contribution in [0.1, 0.15) is 200 Å². The zero-order valence-electron chi connectivity index (χ0n) is 38.7. The maximum atomic E-state index is 12.7. The number of phosphoric ester groups is 1. The number of carbonyl (C=O) groups is 2. The van der Waals surface area contributed by atoms with Crippen molar-refractivity contribution in [2.75, 3.05) is 47.5 Å². The van der Waals surface area contributed by atoms with Gasteiger partial charge in [-0.05, 0) is 77.0 Å². The standard InChI is InChI=1S/C49H90NO8P/c1-6-8-10-12-14-16-18-20-22-24-25-26-28-30-32-34-36-38-40-42-49(52)58-47(46-57-59(53,54)56-44-43-50(3,4)5)45-55-48(51)41-39-37-35-33-31-29-27-23-21-19-17-15-13-11-9-7-2/h14,16,20,22-23,25-27,47H,6-13,15,17-19,21,24,28-46H2,1-5H3/p+1/b16-14-,22-20-,26-25-,27-23-. The Hall–Kier alpha value is -2.03. The molecule has 0 aliphatic heterocycles. The monoisotopic (exact) mass is 853 g/mol. The minimum atomic E-state index is -4.38. The van der Waals surface area contributed by atoms with Crippen LogP contribution in [0.25, 0.3) is 0 Å². The third-order valence-corrected chi connectivity index (χ3v) is 11.1. The van der Waals surface area contributed by atoms with Crippen LogP contribution in [0.5, 0.6) is 0 Å². The Morgan fingerprint density at radius 2 is 0.915 bits per heavy atom. The van der Waals surface area contributed by atoms with Gasteiger partial charge in [0.25, 0.3) is 0 Å². The number of phosphoric acid groups is 1. The van der Waals surface area contributed by atoms with Gasteiger partial charge < -0.3 is 18.9 Å². The Morgan fingerprint density at radius 3 is 1.41 bits per heavy atom. The summed E-state index contributed by atoms with van der Waals surface area (Å²) in [5, 5.41) is 0. The van der Waals surface area contributed by atoms with Gasteiger partial charge in [-0.1, -0.05) is 159 Å². The van der Waals surface area contributed by atoms with Crippen molar-refractivity contribution in [3.63, 3.8) is 0 Å². The van der Waals surface area contributed by atoms with Crippen LogP contribution in [0.2, 0.25) is 0 Å². The van der Waals surface area contributed by atoms with E-state index in [1.54, 1.807) is 0 Å². The van der Waals surface area contributed by atoms with Crippen molar-refractivity contribution in [2.45, 2.75) is 206 Å². The minimum Gasteiger partial charge on any atom is -0.462 e. The SMILES string of the molecule is CCCCC/C=C\C/C=C\C/C=C\CCCCCCCCC(=O)OC(COC(=O)CCCCCCC/C=C\CCCCCCCCC)COP(=O)(O)OCC[N+](C)(C)C. The fourth-order valence-electron chi connectivity index (χ4n) is 6.31. The van der Waals surface area contributed by atoms with Gasteiger partial charge in [-0.2, -0.15) is 0 Å². The first-order valence-electron chi connectivity index (χ1n) is 23.9. The third-order valence-electron chi connectivity index (χ3n) is 10.1. The summed E-state index contributed by atoms with van der Waals surface area (Å²) in [6, 6.07) is 0. The summed E-state index contributed by atoms with van der Waals surface area (Å²) < 4.78 is 34.4. The van der Waals surface area contributed by atoms with E-state index >= 15 is 0 Å². The first kappa shape index (κ1) is 57.0.